The molecule has 100 valence electrons. The highest BCUT2D eigenvalue weighted by Gasteiger charge is 2.14. The molecule has 0 spiro atoms. The van der Waals surface area contributed by atoms with Gasteiger partial charge in [0.25, 0.3) is 0 Å². The van der Waals surface area contributed by atoms with Crippen LogP contribution in [0.4, 0.5) is 0 Å². The molecule has 0 saturated carbocycles. The number of hydrogen-bond acceptors (Lipinski definition) is 2. The predicted octanol–water partition coefficient (Wildman–Crippen LogP) is 3.95. The van der Waals surface area contributed by atoms with E-state index >= 15 is 0 Å². The van der Waals surface area contributed by atoms with Gasteiger partial charge in [-0.1, -0.05) is 19.9 Å². The largest absolute Gasteiger partial charge is 0.492 e. The van der Waals surface area contributed by atoms with E-state index in [2.05, 4.69) is 53.3 Å². The average molecular weight is 312 g/mol. The Morgan fingerprint density at radius 1 is 1.44 bits per heavy atom. The second-order valence-electron chi connectivity index (χ2n) is 5.37. The highest BCUT2D eigenvalue weighted by Crippen LogP contribution is 2.29. The molecule has 1 saturated heterocycles. The molecule has 0 radical (unpaired) electrons. The molecule has 3 heteroatoms. The molecule has 1 fully saturated rings. The first-order valence-electron chi connectivity index (χ1n) is 6.80. The minimum Gasteiger partial charge on any atom is -0.492 e. The van der Waals surface area contributed by atoms with Crippen LogP contribution in [-0.4, -0.2) is 19.7 Å². The predicted molar refractivity (Wildman–Crippen MR) is 79.3 cm³/mol. The third-order valence-electron chi connectivity index (χ3n) is 3.50. The van der Waals surface area contributed by atoms with Crippen molar-refractivity contribution in [2.75, 3.05) is 19.7 Å². The second kappa shape index (κ2) is 6.58. The van der Waals surface area contributed by atoms with Crippen molar-refractivity contribution >= 4 is 15.9 Å². The fraction of sp³-hybridized carbons (Fsp3) is 0.600. The Balaban J connectivity index is 1.92. The molecular formula is C15H22BrNO. The van der Waals surface area contributed by atoms with Crippen molar-refractivity contribution in [2.45, 2.75) is 32.6 Å². The lowest BCUT2D eigenvalue weighted by Crippen LogP contribution is -2.33. The van der Waals surface area contributed by atoms with E-state index in [9.17, 15) is 0 Å². The number of piperidine rings is 1. The van der Waals surface area contributed by atoms with Gasteiger partial charge in [0, 0.05) is 12.5 Å². The molecule has 1 N–H and O–H groups in total. The van der Waals surface area contributed by atoms with Crippen LogP contribution >= 0.6 is 15.9 Å². The fourth-order valence-electron chi connectivity index (χ4n) is 2.27. The third kappa shape index (κ3) is 3.72. The third-order valence-corrected chi connectivity index (χ3v) is 4.12. The minimum absolute atomic E-state index is 0.554. The molecule has 0 aliphatic carbocycles. The summed E-state index contributed by atoms with van der Waals surface area (Å²) in [5, 5.41) is 3.42. The Labute approximate surface area is 118 Å². The molecule has 1 unspecified atom stereocenters. The molecule has 1 aromatic carbocycles. The van der Waals surface area contributed by atoms with Gasteiger partial charge >= 0.3 is 0 Å². The lowest BCUT2D eigenvalue weighted by Gasteiger charge is -2.23. The summed E-state index contributed by atoms with van der Waals surface area (Å²) in [6.07, 6.45) is 2.54. The van der Waals surface area contributed by atoms with Crippen LogP contribution in [0.5, 0.6) is 5.75 Å². The maximum Gasteiger partial charge on any atom is 0.133 e. The zero-order valence-corrected chi connectivity index (χ0v) is 12.8. The molecule has 1 atom stereocenters. The van der Waals surface area contributed by atoms with Gasteiger partial charge in [-0.05, 0) is 58.9 Å². The van der Waals surface area contributed by atoms with Crippen molar-refractivity contribution in [3.8, 4) is 5.75 Å². The average Bonchev–Trinajstić information content (AvgIpc) is 2.38. The van der Waals surface area contributed by atoms with Gasteiger partial charge in [-0.25, -0.2) is 0 Å². The molecule has 0 bridgehead atoms. The highest BCUT2D eigenvalue weighted by atomic mass is 79.9. The van der Waals surface area contributed by atoms with Gasteiger partial charge in [-0.15, -0.1) is 0 Å². The first kappa shape index (κ1) is 13.9. The molecular weight excluding hydrogens is 290 g/mol. The molecule has 1 heterocycles. The number of nitrogens with one attached hydrogen (secondary N) is 1. The molecule has 0 aromatic heterocycles. The van der Waals surface area contributed by atoms with Crippen LogP contribution in [0.25, 0.3) is 0 Å². The monoisotopic (exact) mass is 311 g/mol. The number of ether oxygens (including phenoxy) is 1. The van der Waals surface area contributed by atoms with E-state index in [-0.39, 0.29) is 0 Å². The SMILES string of the molecule is CC(C)c1ccc(OCC2CCCNC2)c(Br)c1. The summed E-state index contributed by atoms with van der Waals surface area (Å²) in [6, 6.07) is 6.40. The van der Waals surface area contributed by atoms with Gasteiger partial charge in [0.2, 0.25) is 0 Å². The number of benzene rings is 1. The van der Waals surface area contributed by atoms with Gasteiger partial charge in [0.05, 0.1) is 11.1 Å². The maximum absolute atomic E-state index is 5.92. The van der Waals surface area contributed by atoms with Crippen LogP contribution < -0.4 is 10.1 Å². The normalized spacial score (nSPS) is 20.1. The summed E-state index contributed by atoms with van der Waals surface area (Å²) < 4.78 is 6.99. The van der Waals surface area contributed by atoms with Gasteiger partial charge in [0.1, 0.15) is 5.75 Å². The summed E-state index contributed by atoms with van der Waals surface area (Å²) in [4.78, 5) is 0. The highest BCUT2D eigenvalue weighted by molar-refractivity contribution is 9.10. The van der Waals surface area contributed by atoms with Crippen LogP contribution in [0.2, 0.25) is 0 Å². The Morgan fingerprint density at radius 2 is 2.28 bits per heavy atom. The molecule has 2 rings (SSSR count). The van der Waals surface area contributed by atoms with Crippen molar-refractivity contribution in [1.29, 1.82) is 0 Å². The zero-order valence-electron chi connectivity index (χ0n) is 11.2. The first-order chi connectivity index (χ1) is 8.66. The van der Waals surface area contributed by atoms with Gasteiger partial charge in [0.15, 0.2) is 0 Å². The van der Waals surface area contributed by atoms with Gasteiger partial charge in [-0.2, -0.15) is 0 Å². The van der Waals surface area contributed by atoms with E-state index < -0.39 is 0 Å². The molecule has 18 heavy (non-hydrogen) atoms. The van der Waals surface area contributed by atoms with Crippen LogP contribution in [0, 0.1) is 5.92 Å². The number of halogens is 1. The van der Waals surface area contributed by atoms with E-state index in [1.165, 1.54) is 18.4 Å². The van der Waals surface area contributed by atoms with Crippen LogP contribution in [0.3, 0.4) is 0 Å². The summed E-state index contributed by atoms with van der Waals surface area (Å²) in [5.74, 6) is 2.17. The van der Waals surface area contributed by atoms with Crippen molar-refractivity contribution in [3.63, 3.8) is 0 Å². The maximum atomic E-state index is 5.92. The van der Waals surface area contributed by atoms with E-state index in [0.717, 1.165) is 29.9 Å². The first-order valence-corrected chi connectivity index (χ1v) is 7.59. The van der Waals surface area contributed by atoms with E-state index in [4.69, 9.17) is 4.74 Å². The van der Waals surface area contributed by atoms with Gasteiger partial charge < -0.3 is 10.1 Å². The zero-order chi connectivity index (χ0) is 13.0. The van der Waals surface area contributed by atoms with Crippen LogP contribution in [-0.2, 0) is 0 Å². The Morgan fingerprint density at radius 3 is 2.89 bits per heavy atom. The minimum atomic E-state index is 0.554. The molecule has 1 aromatic rings. The van der Waals surface area contributed by atoms with Crippen LogP contribution in [0.15, 0.2) is 22.7 Å². The summed E-state index contributed by atoms with van der Waals surface area (Å²) >= 11 is 3.60. The quantitative estimate of drug-likeness (QED) is 0.909. The smallest absolute Gasteiger partial charge is 0.133 e. The Kier molecular flexibility index (Phi) is 5.07. The topological polar surface area (TPSA) is 21.3 Å². The Hall–Kier alpha value is -0.540. The van der Waals surface area contributed by atoms with Crippen molar-refractivity contribution in [1.82, 2.24) is 5.32 Å². The number of rotatable bonds is 4. The number of hydrogen-bond donors (Lipinski definition) is 1. The molecule has 2 nitrogen and oxygen atoms in total. The van der Waals surface area contributed by atoms with E-state index in [1.54, 1.807) is 0 Å². The van der Waals surface area contributed by atoms with E-state index in [0.29, 0.717) is 11.8 Å². The fourth-order valence-corrected chi connectivity index (χ4v) is 2.78. The van der Waals surface area contributed by atoms with Gasteiger partial charge in [-0.3, -0.25) is 0 Å². The summed E-state index contributed by atoms with van der Waals surface area (Å²) in [7, 11) is 0. The van der Waals surface area contributed by atoms with Crippen molar-refractivity contribution in [3.05, 3.63) is 28.2 Å². The Bertz CT molecular complexity index is 386. The second-order valence-corrected chi connectivity index (χ2v) is 6.22. The lowest BCUT2D eigenvalue weighted by atomic mass is 10.0. The lowest BCUT2D eigenvalue weighted by molar-refractivity contribution is 0.217. The van der Waals surface area contributed by atoms with Crippen LogP contribution in [0.1, 0.15) is 38.2 Å². The molecule has 1 aliphatic rings. The standard InChI is InChI=1S/C15H22BrNO/c1-11(2)13-5-6-15(14(16)8-13)18-10-12-4-3-7-17-9-12/h5-6,8,11-12,17H,3-4,7,9-10H2,1-2H3. The summed E-state index contributed by atoms with van der Waals surface area (Å²) in [6.45, 7) is 7.46. The molecule has 1 aliphatic heterocycles. The van der Waals surface area contributed by atoms with Crippen molar-refractivity contribution in [2.24, 2.45) is 5.92 Å². The van der Waals surface area contributed by atoms with E-state index in [1.807, 2.05) is 0 Å². The summed E-state index contributed by atoms with van der Waals surface area (Å²) in [5.41, 5.74) is 1.34. The van der Waals surface area contributed by atoms with Crippen molar-refractivity contribution < 1.29 is 4.74 Å². The molecule has 0 amide bonds.